The minimum atomic E-state index is -4.01. The summed E-state index contributed by atoms with van der Waals surface area (Å²) in [5.74, 6) is -0.292. The smallest absolute Gasteiger partial charge is 0.270 e. The third kappa shape index (κ3) is 5.00. The Hall–Kier alpha value is -3.72. The Bertz CT molecular complexity index is 1160. The van der Waals surface area contributed by atoms with Crippen molar-refractivity contribution in [1.29, 1.82) is 0 Å². The van der Waals surface area contributed by atoms with E-state index in [4.69, 9.17) is 0 Å². The second kappa shape index (κ2) is 8.75. The molecule has 3 aromatic rings. The number of nitro groups is 1. The van der Waals surface area contributed by atoms with E-state index >= 15 is 0 Å². The monoisotopic (exact) mass is 425 g/mol. The van der Waals surface area contributed by atoms with Crippen LogP contribution in [-0.2, 0) is 10.0 Å². The Labute approximate surface area is 173 Å². The van der Waals surface area contributed by atoms with E-state index in [1.54, 1.807) is 0 Å². The Morgan fingerprint density at radius 3 is 2.27 bits per heavy atom. The summed E-state index contributed by atoms with van der Waals surface area (Å²) in [5.41, 5.74) is 1.25. The van der Waals surface area contributed by atoms with Gasteiger partial charge in [0.15, 0.2) is 0 Å². The molecule has 1 atom stereocenters. The molecule has 3 aromatic carbocycles. The van der Waals surface area contributed by atoms with Crippen molar-refractivity contribution in [3.05, 3.63) is 100 Å². The summed E-state index contributed by atoms with van der Waals surface area (Å²) in [7, 11) is -4.01. The molecule has 2 N–H and O–H groups in total. The number of sulfonamides is 1. The maximum absolute atomic E-state index is 12.5. The van der Waals surface area contributed by atoms with Crippen LogP contribution >= 0.6 is 0 Å². The van der Waals surface area contributed by atoms with Gasteiger partial charge in [-0.15, -0.1) is 0 Å². The number of amides is 1. The summed E-state index contributed by atoms with van der Waals surface area (Å²) < 4.78 is 27.3. The van der Waals surface area contributed by atoms with Crippen molar-refractivity contribution in [2.45, 2.75) is 17.9 Å². The van der Waals surface area contributed by atoms with E-state index < -0.39 is 14.9 Å². The number of hydrogen-bond donors (Lipinski definition) is 2. The molecule has 1 unspecified atom stereocenters. The molecule has 0 saturated heterocycles. The number of benzene rings is 3. The average Bonchev–Trinajstić information content (AvgIpc) is 2.74. The first-order valence-corrected chi connectivity index (χ1v) is 10.5. The van der Waals surface area contributed by atoms with Crippen molar-refractivity contribution < 1.29 is 18.1 Å². The van der Waals surface area contributed by atoms with Gasteiger partial charge >= 0.3 is 0 Å². The highest BCUT2D eigenvalue weighted by atomic mass is 32.2. The van der Waals surface area contributed by atoms with Gasteiger partial charge in [-0.25, -0.2) is 8.42 Å². The number of nitro benzene ring substituents is 1. The molecule has 0 heterocycles. The minimum absolute atomic E-state index is 0.189. The van der Waals surface area contributed by atoms with E-state index in [0.717, 1.165) is 11.6 Å². The molecule has 0 aliphatic carbocycles. The van der Waals surface area contributed by atoms with Crippen molar-refractivity contribution in [1.82, 2.24) is 5.32 Å². The molecule has 1 amide bonds. The number of hydrogen-bond acceptors (Lipinski definition) is 5. The summed E-state index contributed by atoms with van der Waals surface area (Å²) in [4.78, 5) is 22.4. The number of rotatable bonds is 7. The Morgan fingerprint density at radius 2 is 1.63 bits per heavy atom. The van der Waals surface area contributed by atoms with Crippen molar-refractivity contribution in [2.24, 2.45) is 0 Å². The number of carbonyl (C=O) groups is 1. The maximum Gasteiger partial charge on any atom is 0.270 e. The van der Waals surface area contributed by atoms with Crippen LogP contribution in [0.5, 0.6) is 0 Å². The molecule has 30 heavy (non-hydrogen) atoms. The summed E-state index contributed by atoms with van der Waals surface area (Å²) >= 11 is 0. The van der Waals surface area contributed by atoms with Crippen LogP contribution in [-0.4, -0.2) is 19.2 Å². The van der Waals surface area contributed by atoms with Crippen LogP contribution in [0.3, 0.4) is 0 Å². The second-order valence-corrected chi connectivity index (χ2v) is 8.23. The number of nitrogens with zero attached hydrogens (tertiary/aromatic N) is 1. The summed E-state index contributed by atoms with van der Waals surface area (Å²) in [5, 5.41) is 13.7. The zero-order chi connectivity index (χ0) is 21.7. The average molecular weight is 425 g/mol. The molecule has 0 saturated carbocycles. The third-order valence-electron chi connectivity index (χ3n) is 4.39. The fraction of sp³-hybridized carbons (Fsp3) is 0.0952. The van der Waals surface area contributed by atoms with Crippen molar-refractivity contribution in [2.75, 3.05) is 4.72 Å². The molecule has 8 nitrogen and oxygen atoms in total. The van der Waals surface area contributed by atoms with Crippen LogP contribution in [0.2, 0.25) is 0 Å². The summed E-state index contributed by atoms with van der Waals surface area (Å²) in [6.07, 6.45) is 0. The van der Waals surface area contributed by atoms with E-state index in [-0.39, 0.29) is 28.2 Å². The number of anilines is 1. The normalized spacial score (nSPS) is 12.0. The SMILES string of the molecule is CC(NC(=O)c1ccc(NS(=O)(=O)c2cccc([N+](=O)[O-])c2)cc1)c1ccccc1. The quantitative estimate of drug-likeness (QED) is 0.440. The molecule has 0 fully saturated rings. The van der Waals surface area contributed by atoms with E-state index in [1.165, 1.54) is 42.5 Å². The lowest BCUT2D eigenvalue weighted by molar-refractivity contribution is -0.385. The van der Waals surface area contributed by atoms with Gasteiger partial charge in [0.25, 0.3) is 21.6 Å². The topological polar surface area (TPSA) is 118 Å². The Morgan fingerprint density at radius 1 is 0.967 bits per heavy atom. The van der Waals surface area contributed by atoms with E-state index in [9.17, 15) is 23.3 Å². The van der Waals surface area contributed by atoms with E-state index in [0.29, 0.717) is 5.56 Å². The summed E-state index contributed by atoms with van der Waals surface area (Å²) in [6, 6.07) is 20.0. The zero-order valence-electron chi connectivity index (χ0n) is 16.0. The molecule has 0 bridgehead atoms. The lowest BCUT2D eigenvalue weighted by Crippen LogP contribution is -2.26. The predicted octanol–water partition coefficient (Wildman–Crippen LogP) is 3.89. The minimum Gasteiger partial charge on any atom is -0.346 e. The molecule has 0 radical (unpaired) electrons. The van der Waals surface area contributed by atoms with Gasteiger partial charge in [0, 0.05) is 23.4 Å². The standard InChI is InChI=1S/C21H19N3O5S/c1-15(16-6-3-2-4-7-16)22-21(25)17-10-12-18(13-11-17)23-30(28,29)20-9-5-8-19(14-20)24(26)27/h2-15,23H,1H3,(H,22,25). The van der Waals surface area contributed by atoms with Gasteiger partial charge in [0.1, 0.15) is 0 Å². The molecule has 0 spiro atoms. The number of non-ortho nitro benzene ring substituents is 1. The van der Waals surface area contributed by atoms with Gasteiger partial charge in [-0.1, -0.05) is 36.4 Å². The van der Waals surface area contributed by atoms with Gasteiger partial charge in [0.05, 0.1) is 15.9 Å². The van der Waals surface area contributed by atoms with Crippen molar-refractivity contribution >= 4 is 27.3 Å². The first-order chi connectivity index (χ1) is 14.3. The summed E-state index contributed by atoms with van der Waals surface area (Å²) in [6.45, 7) is 1.87. The highest BCUT2D eigenvalue weighted by molar-refractivity contribution is 7.92. The van der Waals surface area contributed by atoms with Crippen LogP contribution in [0.15, 0.2) is 83.8 Å². The van der Waals surface area contributed by atoms with Gasteiger partial charge < -0.3 is 5.32 Å². The fourth-order valence-electron chi connectivity index (χ4n) is 2.77. The first-order valence-electron chi connectivity index (χ1n) is 8.99. The molecule has 0 aliphatic heterocycles. The van der Waals surface area contributed by atoms with Crippen molar-refractivity contribution in [3.63, 3.8) is 0 Å². The van der Waals surface area contributed by atoms with Gasteiger partial charge in [-0.2, -0.15) is 0 Å². The third-order valence-corrected chi connectivity index (χ3v) is 5.76. The second-order valence-electron chi connectivity index (χ2n) is 6.54. The molecular weight excluding hydrogens is 406 g/mol. The fourth-order valence-corrected chi connectivity index (χ4v) is 3.87. The molecular formula is C21H19N3O5S. The molecule has 0 aliphatic rings. The molecule has 3 rings (SSSR count). The van der Waals surface area contributed by atoms with E-state index in [1.807, 2.05) is 37.3 Å². The lowest BCUT2D eigenvalue weighted by Gasteiger charge is -2.14. The Balaban J connectivity index is 1.70. The number of carbonyl (C=O) groups excluding carboxylic acids is 1. The van der Waals surface area contributed by atoms with Crippen LogP contribution in [0.25, 0.3) is 0 Å². The maximum atomic E-state index is 12.5. The van der Waals surface area contributed by atoms with Crippen LogP contribution in [0.1, 0.15) is 28.9 Å². The molecule has 0 aromatic heterocycles. The van der Waals surface area contributed by atoms with Gasteiger partial charge in [-0.05, 0) is 42.8 Å². The largest absolute Gasteiger partial charge is 0.346 e. The van der Waals surface area contributed by atoms with Crippen LogP contribution < -0.4 is 10.0 Å². The van der Waals surface area contributed by atoms with Crippen LogP contribution in [0.4, 0.5) is 11.4 Å². The zero-order valence-corrected chi connectivity index (χ0v) is 16.8. The van der Waals surface area contributed by atoms with Crippen molar-refractivity contribution in [3.8, 4) is 0 Å². The highest BCUT2D eigenvalue weighted by Crippen LogP contribution is 2.21. The highest BCUT2D eigenvalue weighted by Gasteiger charge is 2.18. The van der Waals surface area contributed by atoms with E-state index in [2.05, 4.69) is 10.0 Å². The van der Waals surface area contributed by atoms with Crippen LogP contribution in [0, 0.1) is 10.1 Å². The van der Waals surface area contributed by atoms with Gasteiger partial charge in [0.2, 0.25) is 0 Å². The van der Waals surface area contributed by atoms with Gasteiger partial charge in [-0.3, -0.25) is 19.6 Å². The molecule has 9 heteroatoms. The Kier molecular flexibility index (Phi) is 6.12. The lowest BCUT2D eigenvalue weighted by atomic mass is 10.1. The molecule has 154 valence electrons. The predicted molar refractivity (Wildman–Crippen MR) is 113 cm³/mol. The number of nitrogens with one attached hydrogen (secondary N) is 2. The first kappa shape index (κ1) is 21.0.